The molecule has 0 fully saturated rings. The molecule has 0 aromatic rings. The number of unbranched alkanes of at least 4 members (excludes halogenated alkanes) is 48. The second-order valence-electron chi connectivity index (χ2n) is 29.5. The zero-order valence-electron chi connectivity index (χ0n) is 64.8. The van der Waals surface area contributed by atoms with Gasteiger partial charge in [-0.05, 0) is 37.5 Å². The summed E-state index contributed by atoms with van der Waals surface area (Å²) in [6.45, 7) is 9.68. The number of hydrogen-bond donors (Lipinski definition) is 3. The van der Waals surface area contributed by atoms with E-state index in [9.17, 15) is 43.2 Å². The van der Waals surface area contributed by atoms with E-state index >= 15 is 0 Å². The van der Waals surface area contributed by atoms with Crippen molar-refractivity contribution in [3.63, 3.8) is 0 Å². The summed E-state index contributed by atoms with van der Waals surface area (Å²) in [6.07, 6.45) is 61.0. The number of hydrogen-bond acceptors (Lipinski definition) is 15. The lowest BCUT2D eigenvalue weighted by atomic mass is 9.99. The summed E-state index contributed by atoms with van der Waals surface area (Å²) in [6, 6.07) is 0. The van der Waals surface area contributed by atoms with E-state index in [2.05, 4.69) is 41.5 Å². The van der Waals surface area contributed by atoms with Crippen LogP contribution in [-0.2, 0) is 65.4 Å². The molecule has 0 amide bonds. The Morgan fingerprint density at radius 3 is 0.768 bits per heavy atom. The Balaban J connectivity index is 5.19. The fourth-order valence-electron chi connectivity index (χ4n) is 12.3. The second kappa shape index (κ2) is 71.7. The Morgan fingerprint density at radius 1 is 0.293 bits per heavy atom. The lowest BCUT2D eigenvalue weighted by Crippen LogP contribution is -2.30. The average Bonchev–Trinajstić information content (AvgIpc) is 1.01. The first-order valence-corrected chi connectivity index (χ1v) is 44.5. The molecule has 0 heterocycles. The minimum atomic E-state index is -4.96. The second-order valence-corrected chi connectivity index (χ2v) is 32.4. The predicted octanol–water partition coefficient (Wildman–Crippen LogP) is 23.9. The highest BCUT2D eigenvalue weighted by Gasteiger charge is 2.30. The highest BCUT2D eigenvalue weighted by atomic mass is 31.2. The standard InChI is InChI=1S/C80H156O17P2/c1-7-10-12-14-16-18-19-20-28-33-40-46-52-58-64-79(84)96-75(68-90-77(82)62-56-50-44-36-17-15-13-11-8-2)70-94-98(86,87)92-66-74(81)67-93-99(88,89)95-71-76(69-91-78(83)63-57-51-45-39-35-30-31-37-42-48-54-60-72(4)5)97-80(85)65-59-53-47-41-34-29-26-24-22-21-23-25-27-32-38-43-49-55-61-73(6)9-3/h72-76,81H,7-71H2,1-6H3,(H,86,87)(H,88,89)/t73?,74-,75+,76+/m0/s1. The molecule has 3 unspecified atom stereocenters. The summed E-state index contributed by atoms with van der Waals surface area (Å²) in [7, 11) is -9.91. The third-order valence-electron chi connectivity index (χ3n) is 19.1. The molecular formula is C80H156O17P2. The number of esters is 4. The van der Waals surface area contributed by atoms with Crippen molar-refractivity contribution < 1.29 is 80.2 Å². The number of ether oxygens (including phenoxy) is 4. The van der Waals surface area contributed by atoms with E-state index in [-0.39, 0.29) is 25.7 Å². The fourth-order valence-corrected chi connectivity index (χ4v) is 13.9. The molecule has 0 saturated carbocycles. The van der Waals surface area contributed by atoms with Crippen molar-refractivity contribution in [2.75, 3.05) is 39.6 Å². The van der Waals surface area contributed by atoms with E-state index in [1.54, 1.807) is 0 Å². The minimum Gasteiger partial charge on any atom is -0.462 e. The number of phosphoric acid groups is 2. The molecule has 0 radical (unpaired) electrons. The van der Waals surface area contributed by atoms with E-state index in [0.717, 1.165) is 102 Å². The van der Waals surface area contributed by atoms with Gasteiger partial charge in [0, 0.05) is 25.7 Å². The van der Waals surface area contributed by atoms with Gasteiger partial charge in [-0.25, -0.2) is 9.13 Å². The van der Waals surface area contributed by atoms with Gasteiger partial charge >= 0.3 is 39.5 Å². The van der Waals surface area contributed by atoms with Gasteiger partial charge in [-0.1, -0.05) is 369 Å². The molecule has 17 nitrogen and oxygen atoms in total. The fraction of sp³-hybridized carbons (Fsp3) is 0.950. The quantitative estimate of drug-likeness (QED) is 0.0222. The molecule has 19 heteroatoms. The van der Waals surface area contributed by atoms with Gasteiger partial charge in [0.1, 0.15) is 19.3 Å². The van der Waals surface area contributed by atoms with E-state index in [1.807, 2.05) is 0 Å². The van der Waals surface area contributed by atoms with E-state index in [1.165, 1.54) is 238 Å². The molecule has 6 atom stereocenters. The van der Waals surface area contributed by atoms with Crippen LogP contribution < -0.4 is 0 Å². The molecule has 99 heavy (non-hydrogen) atoms. The Morgan fingerprint density at radius 2 is 0.515 bits per heavy atom. The smallest absolute Gasteiger partial charge is 0.462 e. The normalized spacial score (nSPS) is 14.2. The third kappa shape index (κ3) is 72.8. The Bertz CT molecular complexity index is 1910. The molecule has 0 saturated heterocycles. The van der Waals surface area contributed by atoms with Crippen molar-refractivity contribution in [2.45, 2.75) is 439 Å². The molecule has 0 aliphatic rings. The van der Waals surface area contributed by atoms with Crippen LogP contribution in [0.4, 0.5) is 0 Å². The van der Waals surface area contributed by atoms with Crippen LogP contribution in [0.1, 0.15) is 420 Å². The van der Waals surface area contributed by atoms with Gasteiger partial charge in [0.25, 0.3) is 0 Å². The first-order chi connectivity index (χ1) is 47.9. The van der Waals surface area contributed by atoms with Gasteiger partial charge in [0.05, 0.1) is 26.4 Å². The summed E-state index contributed by atoms with van der Waals surface area (Å²) in [4.78, 5) is 72.9. The highest BCUT2D eigenvalue weighted by molar-refractivity contribution is 7.47. The van der Waals surface area contributed by atoms with Crippen molar-refractivity contribution in [1.29, 1.82) is 0 Å². The lowest BCUT2D eigenvalue weighted by molar-refractivity contribution is -0.161. The molecule has 0 aliphatic heterocycles. The molecular weight excluding hydrogens is 1290 g/mol. The van der Waals surface area contributed by atoms with Crippen LogP contribution in [-0.4, -0.2) is 96.7 Å². The van der Waals surface area contributed by atoms with Gasteiger partial charge in [-0.2, -0.15) is 0 Å². The SMILES string of the molecule is CCCCCCCCCCCCCCCCC(=O)O[C@H](COC(=O)CCCCCCCCCCC)COP(=O)(O)OC[C@H](O)COP(=O)(O)OC[C@@H](COC(=O)CCCCCCCCCCCCCC(C)C)OC(=O)CCCCCCCCCCCCCCCCCCCCC(C)CC. The largest absolute Gasteiger partial charge is 0.472 e. The number of aliphatic hydroxyl groups is 1. The van der Waals surface area contributed by atoms with Crippen molar-refractivity contribution in [1.82, 2.24) is 0 Å². The molecule has 0 aliphatic carbocycles. The van der Waals surface area contributed by atoms with Crippen molar-refractivity contribution in [2.24, 2.45) is 11.8 Å². The van der Waals surface area contributed by atoms with E-state index in [4.69, 9.17) is 37.0 Å². The molecule has 0 rings (SSSR count). The van der Waals surface area contributed by atoms with Crippen molar-refractivity contribution in [3.05, 3.63) is 0 Å². The van der Waals surface area contributed by atoms with Gasteiger partial charge in [0.2, 0.25) is 0 Å². The van der Waals surface area contributed by atoms with Crippen molar-refractivity contribution in [3.8, 4) is 0 Å². The Labute approximate surface area is 607 Å². The third-order valence-corrected chi connectivity index (χ3v) is 21.0. The molecule has 0 spiro atoms. The first-order valence-electron chi connectivity index (χ1n) is 41.5. The number of phosphoric ester groups is 2. The van der Waals surface area contributed by atoms with Crippen LogP contribution in [0.15, 0.2) is 0 Å². The van der Waals surface area contributed by atoms with Crippen LogP contribution in [0.5, 0.6) is 0 Å². The topological polar surface area (TPSA) is 237 Å². The average molecular weight is 1450 g/mol. The maximum Gasteiger partial charge on any atom is 0.472 e. The number of carbonyl (C=O) groups excluding carboxylic acids is 4. The summed E-state index contributed by atoms with van der Waals surface area (Å²) < 4.78 is 68.6. The summed E-state index contributed by atoms with van der Waals surface area (Å²) in [5, 5.41) is 10.6. The maximum atomic E-state index is 13.1. The Kier molecular flexibility index (Phi) is 70.3. The monoisotopic (exact) mass is 1450 g/mol. The van der Waals surface area contributed by atoms with Gasteiger partial charge < -0.3 is 33.8 Å². The summed E-state index contributed by atoms with van der Waals surface area (Å²) in [5.74, 6) is -0.468. The van der Waals surface area contributed by atoms with E-state index in [0.29, 0.717) is 25.7 Å². The van der Waals surface area contributed by atoms with Gasteiger partial charge in [0.15, 0.2) is 12.2 Å². The summed E-state index contributed by atoms with van der Waals surface area (Å²) in [5.41, 5.74) is 0. The predicted molar refractivity (Wildman–Crippen MR) is 405 cm³/mol. The van der Waals surface area contributed by atoms with Crippen LogP contribution in [0.3, 0.4) is 0 Å². The first kappa shape index (κ1) is 97.1. The zero-order valence-corrected chi connectivity index (χ0v) is 66.6. The highest BCUT2D eigenvalue weighted by Crippen LogP contribution is 2.45. The van der Waals surface area contributed by atoms with Crippen LogP contribution in [0, 0.1) is 11.8 Å². The van der Waals surface area contributed by atoms with Crippen LogP contribution in [0.25, 0.3) is 0 Å². The Hall–Kier alpha value is -1.94. The number of carbonyl (C=O) groups is 4. The molecule has 3 N–H and O–H groups in total. The van der Waals surface area contributed by atoms with E-state index < -0.39 is 97.5 Å². The maximum absolute atomic E-state index is 13.1. The molecule has 0 aromatic heterocycles. The van der Waals surface area contributed by atoms with Crippen molar-refractivity contribution >= 4 is 39.5 Å². The van der Waals surface area contributed by atoms with Gasteiger partial charge in [-0.15, -0.1) is 0 Å². The molecule has 588 valence electrons. The number of rotatable bonds is 79. The molecule has 0 bridgehead atoms. The van der Waals surface area contributed by atoms with Crippen LogP contribution in [0.2, 0.25) is 0 Å². The number of aliphatic hydroxyl groups excluding tert-OH is 1. The zero-order chi connectivity index (χ0) is 72.8. The lowest BCUT2D eigenvalue weighted by Gasteiger charge is -2.21. The van der Waals surface area contributed by atoms with Crippen LogP contribution >= 0.6 is 15.6 Å². The van der Waals surface area contributed by atoms with Gasteiger partial charge in [-0.3, -0.25) is 37.3 Å². The minimum absolute atomic E-state index is 0.108. The molecule has 0 aromatic carbocycles. The summed E-state index contributed by atoms with van der Waals surface area (Å²) >= 11 is 0.